The first-order valence-corrected chi connectivity index (χ1v) is 8.24. The quantitative estimate of drug-likeness (QED) is 0.919. The van der Waals surface area contributed by atoms with Crippen molar-refractivity contribution in [3.8, 4) is 0 Å². The molecule has 1 saturated heterocycles. The molecule has 3 atom stereocenters. The van der Waals surface area contributed by atoms with Crippen molar-refractivity contribution in [1.82, 2.24) is 9.80 Å². The fraction of sp³-hybridized carbons (Fsp3) is 0.667. The third kappa shape index (κ3) is 2.63. The van der Waals surface area contributed by atoms with Crippen molar-refractivity contribution in [2.24, 2.45) is 11.7 Å². The Kier molecular flexibility index (Phi) is 4.08. The van der Waals surface area contributed by atoms with Crippen molar-refractivity contribution in [2.75, 3.05) is 33.7 Å². The zero-order valence-electron chi connectivity index (χ0n) is 13.7. The van der Waals surface area contributed by atoms with E-state index >= 15 is 0 Å². The normalized spacial score (nSPS) is 33.4. The average Bonchev–Trinajstić information content (AvgIpc) is 2.89. The molecular formula is C18H29N3. The smallest absolute Gasteiger partial charge is 0.0375 e. The van der Waals surface area contributed by atoms with E-state index in [4.69, 9.17) is 5.73 Å². The number of hydrogen-bond donors (Lipinski definition) is 1. The Morgan fingerprint density at radius 2 is 1.95 bits per heavy atom. The van der Waals surface area contributed by atoms with E-state index in [9.17, 15) is 0 Å². The highest BCUT2D eigenvalue weighted by Crippen LogP contribution is 2.36. The summed E-state index contributed by atoms with van der Waals surface area (Å²) in [5, 5.41) is 0. The summed E-state index contributed by atoms with van der Waals surface area (Å²) < 4.78 is 0. The first kappa shape index (κ1) is 15.0. The molecule has 116 valence electrons. The maximum atomic E-state index is 6.29. The third-order valence-corrected chi connectivity index (χ3v) is 5.78. The van der Waals surface area contributed by atoms with Gasteiger partial charge in [0.2, 0.25) is 0 Å². The van der Waals surface area contributed by atoms with Gasteiger partial charge in [0.25, 0.3) is 0 Å². The summed E-state index contributed by atoms with van der Waals surface area (Å²) in [6.07, 6.45) is 3.49. The van der Waals surface area contributed by atoms with Crippen LogP contribution in [-0.2, 0) is 12.8 Å². The number of benzene rings is 1. The van der Waals surface area contributed by atoms with Crippen LogP contribution in [0.25, 0.3) is 0 Å². The molecule has 1 aromatic carbocycles. The minimum atomic E-state index is 0.174. The summed E-state index contributed by atoms with van der Waals surface area (Å²) in [5.41, 5.74) is 9.50. The molecule has 2 N–H and O–H groups in total. The molecular weight excluding hydrogens is 258 g/mol. The van der Waals surface area contributed by atoms with Gasteiger partial charge in [0, 0.05) is 31.2 Å². The monoisotopic (exact) mass is 287 g/mol. The molecule has 2 aliphatic rings. The summed E-state index contributed by atoms with van der Waals surface area (Å²) in [6, 6.07) is 9.56. The molecule has 3 nitrogen and oxygen atoms in total. The Hall–Kier alpha value is -0.900. The van der Waals surface area contributed by atoms with Crippen molar-refractivity contribution >= 4 is 0 Å². The zero-order valence-corrected chi connectivity index (χ0v) is 13.7. The highest BCUT2D eigenvalue weighted by Gasteiger charge is 2.44. The van der Waals surface area contributed by atoms with Gasteiger partial charge in [-0.2, -0.15) is 0 Å². The van der Waals surface area contributed by atoms with E-state index in [2.05, 4.69) is 55.1 Å². The first-order chi connectivity index (χ1) is 10.1. The third-order valence-electron chi connectivity index (χ3n) is 5.78. The number of aryl methyl sites for hydroxylation is 1. The molecule has 0 spiro atoms. The number of hydrogen-bond acceptors (Lipinski definition) is 3. The van der Waals surface area contributed by atoms with Crippen molar-refractivity contribution in [1.29, 1.82) is 0 Å². The van der Waals surface area contributed by atoms with Gasteiger partial charge in [-0.25, -0.2) is 0 Å². The van der Waals surface area contributed by atoms with E-state index in [0.29, 0.717) is 6.04 Å². The predicted molar refractivity (Wildman–Crippen MR) is 88.5 cm³/mol. The van der Waals surface area contributed by atoms with Crippen LogP contribution in [-0.4, -0.2) is 55.1 Å². The lowest BCUT2D eigenvalue weighted by Gasteiger charge is -2.45. The lowest BCUT2D eigenvalue weighted by molar-refractivity contribution is 0.0973. The fourth-order valence-electron chi connectivity index (χ4n) is 4.37. The van der Waals surface area contributed by atoms with Gasteiger partial charge in [0.1, 0.15) is 0 Å². The summed E-state index contributed by atoms with van der Waals surface area (Å²) in [7, 11) is 4.41. The molecule has 21 heavy (non-hydrogen) atoms. The molecule has 1 aliphatic carbocycles. The molecule has 3 unspecified atom stereocenters. The number of fused-ring (bicyclic) bond motifs is 1. The maximum absolute atomic E-state index is 6.29. The van der Waals surface area contributed by atoms with E-state index in [1.807, 2.05) is 0 Å². The molecule has 3 rings (SSSR count). The summed E-state index contributed by atoms with van der Waals surface area (Å²) in [5.74, 6) is 0.723. The summed E-state index contributed by atoms with van der Waals surface area (Å²) in [4.78, 5) is 5.07. The largest absolute Gasteiger partial charge is 0.329 e. The lowest BCUT2D eigenvalue weighted by Crippen LogP contribution is -2.56. The average molecular weight is 287 g/mol. The second kappa shape index (κ2) is 5.71. The van der Waals surface area contributed by atoms with Gasteiger partial charge >= 0.3 is 0 Å². The van der Waals surface area contributed by atoms with Gasteiger partial charge in [-0.3, -0.25) is 4.90 Å². The lowest BCUT2D eigenvalue weighted by atomic mass is 9.77. The fourth-order valence-corrected chi connectivity index (χ4v) is 4.37. The molecule has 3 heteroatoms. The van der Waals surface area contributed by atoms with Crippen LogP contribution in [0.1, 0.15) is 24.5 Å². The number of likely N-dealkylation sites (tertiary alicyclic amines) is 1. The van der Waals surface area contributed by atoms with Crippen LogP contribution in [0.15, 0.2) is 24.3 Å². The molecule has 1 aromatic rings. The summed E-state index contributed by atoms with van der Waals surface area (Å²) in [6.45, 7) is 5.50. The molecule has 0 bridgehead atoms. The molecule has 1 heterocycles. The van der Waals surface area contributed by atoms with Crippen LogP contribution in [0.2, 0.25) is 0 Å². The Morgan fingerprint density at radius 1 is 1.24 bits per heavy atom. The van der Waals surface area contributed by atoms with Crippen molar-refractivity contribution < 1.29 is 0 Å². The van der Waals surface area contributed by atoms with Crippen LogP contribution < -0.4 is 5.73 Å². The van der Waals surface area contributed by atoms with E-state index in [-0.39, 0.29) is 5.54 Å². The molecule has 1 fully saturated rings. The SMILES string of the molecule is CC1CN(C2(CN)CCc3ccccc3C2)CC1N(C)C. The van der Waals surface area contributed by atoms with Crippen LogP contribution in [0.3, 0.4) is 0 Å². The Balaban J connectivity index is 1.83. The molecule has 0 aromatic heterocycles. The molecule has 0 amide bonds. The summed E-state index contributed by atoms with van der Waals surface area (Å²) >= 11 is 0. The Labute approximate surface area is 129 Å². The van der Waals surface area contributed by atoms with Gasteiger partial charge in [-0.15, -0.1) is 0 Å². The van der Waals surface area contributed by atoms with Crippen molar-refractivity contribution in [3.63, 3.8) is 0 Å². The van der Waals surface area contributed by atoms with Gasteiger partial charge in [-0.05, 0) is 50.4 Å². The minimum Gasteiger partial charge on any atom is -0.329 e. The van der Waals surface area contributed by atoms with Gasteiger partial charge in [0.15, 0.2) is 0 Å². The van der Waals surface area contributed by atoms with Crippen LogP contribution in [0.5, 0.6) is 0 Å². The zero-order chi connectivity index (χ0) is 15.0. The molecule has 0 saturated carbocycles. The Morgan fingerprint density at radius 3 is 2.57 bits per heavy atom. The highest BCUT2D eigenvalue weighted by molar-refractivity contribution is 5.32. The van der Waals surface area contributed by atoms with Gasteiger partial charge in [-0.1, -0.05) is 31.2 Å². The Bertz CT molecular complexity index is 499. The second-order valence-electron chi connectivity index (χ2n) is 7.29. The second-order valence-corrected chi connectivity index (χ2v) is 7.29. The van der Waals surface area contributed by atoms with Crippen LogP contribution in [0.4, 0.5) is 0 Å². The minimum absolute atomic E-state index is 0.174. The molecule has 0 radical (unpaired) electrons. The topological polar surface area (TPSA) is 32.5 Å². The molecule has 1 aliphatic heterocycles. The maximum Gasteiger partial charge on any atom is 0.0375 e. The number of nitrogens with two attached hydrogens (primary N) is 1. The number of rotatable bonds is 3. The van der Waals surface area contributed by atoms with E-state index in [0.717, 1.165) is 25.4 Å². The van der Waals surface area contributed by atoms with Crippen molar-refractivity contribution in [2.45, 2.75) is 37.8 Å². The van der Waals surface area contributed by atoms with Crippen molar-refractivity contribution in [3.05, 3.63) is 35.4 Å². The highest BCUT2D eigenvalue weighted by atomic mass is 15.3. The number of nitrogens with zero attached hydrogens (tertiary/aromatic N) is 2. The van der Waals surface area contributed by atoms with E-state index < -0.39 is 0 Å². The van der Waals surface area contributed by atoms with E-state index in [1.54, 1.807) is 0 Å². The van der Waals surface area contributed by atoms with Gasteiger partial charge < -0.3 is 10.6 Å². The van der Waals surface area contributed by atoms with Crippen LogP contribution in [0, 0.1) is 5.92 Å². The number of likely N-dealkylation sites (N-methyl/N-ethyl adjacent to an activating group) is 1. The predicted octanol–water partition coefficient (Wildman–Crippen LogP) is 1.75. The van der Waals surface area contributed by atoms with Crippen LogP contribution >= 0.6 is 0 Å². The first-order valence-electron chi connectivity index (χ1n) is 8.24. The van der Waals surface area contributed by atoms with Gasteiger partial charge in [0.05, 0.1) is 0 Å². The van der Waals surface area contributed by atoms with E-state index in [1.165, 1.54) is 30.5 Å². The standard InChI is InChI=1S/C18H29N3/c1-14-11-21(12-17(14)20(2)3)18(13-19)9-8-15-6-4-5-7-16(15)10-18/h4-7,14,17H,8-13,19H2,1-3H3.